The highest BCUT2D eigenvalue weighted by Gasteiger charge is 2.18. The van der Waals surface area contributed by atoms with Gasteiger partial charge in [0.2, 0.25) is 5.91 Å². The normalized spacial score (nSPS) is 16.4. The molecule has 104 valence electrons. The third kappa shape index (κ3) is 3.70. The van der Waals surface area contributed by atoms with Crippen molar-refractivity contribution >= 4 is 11.6 Å². The quantitative estimate of drug-likeness (QED) is 0.830. The zero-order valence-electron chi connectivity index (χ0n) is 10.3. The maximum atomic E-state index is 13.0. The lowest BCUT2D eigenvalue weighted by Gasteiger charge is -2.21. The van der Waals surface area contributed by atoms with Crippen molar-refractivity contribution in [2.24, 2.45) is 5.92 Å². The van der Waals surface area contributed by atoms with Gasteiger partial charge in [0.25, 0.3) is 0 Å². The van der Waals surface area contributed by atoms with Crippen molar-refractivity contribution < 1.29 is 18.0 Å². The van der Waals surface area contributed by atoms with Crippen LogP contribution in [0.25, 0.3) is 0 Å². The number of rotatable bonds is 3. The molecule has 1 aliphatic rings. The number of carbonyl (C=O) groups excluding carboxylic acids is 1. The molecule has 1 fully saturated rings. The lowest BCUT2D eigenvalue weighted by molar-refractivity contribution is -0.117. The van der Waals surface area contributed by atoms with Gasteiger partial charge in [0.1, 0.15) is 0 Å². The van der Waals surface area contributed by atoms with Crippen molar-refractivity contribution in [3.05, 3.63) is 29.6 Å². The summed E-state index contributed by atoms with van der Waals surface area (Å²) in [5, 5.41) is 5.58. The molecule has 0 bridgehead atoms. The summed E-state index contributed by atoms with van der Waals surface area (Å²) >= 11 is 0. The summed E-state index contributed by atoms with van der Waals surface area (Å²) in [6.07, 6.45) is 2.11. The standard InChI is InChI=1S/C13H15F3N2O/c14-10-6-9(7-11(15)13(10)16)18-12(19)5-8-1-3-17-4-2-8/h6-8,17H,1-5H2,(H,18,19). The van der Waals surface area contributed by atoms with Crippen molar-refractivity contribution in [2.45, 2.75) is 19.3 Å². The predicted octanol–water partition coefficient (Wildman–Crippen LogP) is 2.43. The van der Waals surface area contributed by atoms with Gasteiger partial charge >= 0.3 is 0 Å². The Hall–Kier alpha value is -1.56. The number of halogens is 3. The second-order valence-corrected chi connectivity index (χ2v) is 4.70. The Morgan fingerprint density at radius 1 is 1.21 bits per heavy atom. The van der Waals surface area contributed by atoms with Crippen LogP contribution in [0, 0.1) is 23.4 Å². The number of amides is 1. The summed E-state index contributed by atoms with van der Waals surface area (Å²) in [5.41, 5.74) is -0.0599. The van der Waals surface area contributed by atoms with Gasteiger partial charge in [-0.15, -0.1) is 0 Å². The van der Waals surface area contributed by atoms with E-state index >= 15 is 0 Å². The molecule has 6 heteroatoms. The number of hydrogen-bond donors (Lipinski definition) is 2. The molecule has 0 atom stereocenters. The SMILES string of the molecule is O=C(CC1CCNCC1)Nc1cc(F)c(F)c(F)c1. The number of nitrogens with one attached hydrogen (secondary N) is 2. The second kappa shape index (κ2) is 6.06. The molecule has 1 heterocycles. The van der Waals surface area contributed by atoms with Crippen molar-refractivity contribution in [3.8, 4) is 0 Å². The summed E-state index contributed by atoms with van der Waals surface area (Å²) in [4.78, 5) is 11.7. The molecule has 2 rings (SSSR count). The fourth-order valence-corrected chi connectivity index (χ4v) is 2.19. The van der Waals surface area contributed by atoms with Crippen molar-refractivity contribution in [1.29, 1.82) is 0 Å². The van der Waals surface area contributed by atoms with Gasteiger partial charge in [-0.1, -0.05) is 0 Å². The van der Waals surface area contributed by atoms with Crippen LogP contribution in [0.5, 0.6) is 0 Å². The molecule has 1 aliphatic heterocycles. The van der Waals surface area contributed by atoms with E-state index in [1.807, 2.05) is 0 Å². The molecule has 1 amide bonds. The van der Waals surface area contributed by atoms with Crippen LogP contribution in [0.15, 0.2) is 12.1 Å². The Bertz CT molecular complexity index is 450. The zero-order valence-corrected chi connectivity index (χ0v) is 10.3. The average Bonchev–Trinajstić information content (AvgIpc) is 2.37. The van der Waals surface area contributed by atoms with Crippen LogP contribution in [0.4, 0.5) is 18.9 Å². The summed E-state index contributed by atoms with van der Waals surface area (Å²) in [7, 11) is 0. The molecule has 2 N–H and O–H groups in total. The number of carbonyl (C=O) groups is 1. The maximum absolute atomic E-state index is 13.0. The fraction of sp³-hybridized carbons (Fsp3) is 0.462. The predicted molar refractivity (Wildman–Crippen MR) is 65.2 cm³/mol. The van der Waals surface area contributed by atoms with Gasteiger partial charge in [0.05, 0.1) is 0 Å². The zero-order chi connectivity index (χ0) is 13.8. The smallest absolute Gasteiger partial charge is 0.224 e. The molecule has 0 radical (unpaired) electrons. The Morgan fingerprint density at radius 2 is 1.79 bits per heavy atom. The van der Waals surface area contributed by atoms with Gasteiger partial charge < -0.3 is 10.6 Å². The lowest BCUT2D eigenvalue weighted by Crippen LogP contribution is -2.30. The minimum Gasteiger partial charge on any atom is -0.326 e. The van der Waals surface area contributed by atoms with Gasteiger partial charge in [0, 0.05) is 24.2 Å². The largest absolute Gasteiger partial charge is 0.326 e. The summed E-state index contributed by atoms with van der Waals surface area (Å²) in [5.74, 6) is -4.18. The monoisotopic (exact) mass is 272 g/mol. The topological polar surface area (TPSA) is 41.1 Å². The highest BCUT2D eigenvalue weighted by atomic mass is 19.2. The van der Waals surface area contributed by atoms with Crippen LogP contribution >= 0.6 is 0 Å². The summed E-state index contributed by atoms with van der Waals surface area (Å²) < 4.78 is 38.7. The van der Waals surface area contributed by atoms with E-state index in [9.17, 15) is 18.0 Å². The van der Waals surface area contributed by atoms with E-state index in [-0.39, 0.29) is 17.5 Å². The molecule has 0 aromatic heterocycles. The molecule has 0 saturated carbocycles. The number of hydrogen-bond acceptors (Lipinski definition) is 2. The second-order valence-electron chi connectivity index (χ2n) is 4.70. The Kier molecular flexibility index (Phi) is 4.42. The maximum Gasteiger partial charge on any atom is 0.224 e. The van der Waals surface area contributed by atoms with E-state index in [0.717, 1.165) is 38.1 Å². The van der Waals surface area contributed by atoms with Crippen LogP contribution in [-0.4, -0.2) is 19.0 Å². The van der Waals surface area contributed by atoms with E-state index < -0.39 is 17.5 Å². The molecule has 0 spiro atoms. The molecule has 1 aromatic carbocycles. The Labute approximate surface area is 109 Å². The molecule has 19 heavy (non-hydrogen) atoms. The molecule has 0 unspecified atom stereocenters. The van der Waals surface area contributed by atoms with Gasteiger partial charge in [-0.2, -0.15) is 0 Å². The van der Waals surface area contributed by atoms with Gasteiger partial charge in [-0.05, 0) is 31.8 Å². The van der Waals surface area contributed by atoms with E-state index in [1.165, 1.54) is 0 Å². The number of anilines is 1. The molecular formula is C13H15F3N2O. The minimum absolute atomic E-state index is 0.0599. The number of benzene rings is 1. The van der Waals surface area contributed by atoms with E-state index in [0.29, 0.717) is 6.42 Å². The highest BCUT2D eigenvalue weighted by molar-refractivity contribution is 5.90. The van der Waals surface area contributed by atoms with E-state index in [2.05, 4.69) is 10.6 Å². The first-order valence-corrected chi connectivity index (χ1v) is 6.21. The van der Waals surface area contributed by atoms with Gasteiger partial charge in [0.15, 0.2) is 17.5 Å². The minimum atomic E-state index is -1.53. The first kappa shape index (κ1) is 13.9. The average molecular weight is 272 g/mol. The van der Waals surface area contributed by atoms with Crippen LogP contribution < -0.4 is 10.6 Å². The molecule has 1 aromatic rings. The van der Waals surface area contributed by atoms with Crippen LogP contribution in [0.1, 0.15) is 19.3 Å². The third-order valence-corrected chi connectivity index (χ3v) is 3.20. The molecule has 3 nitrogen and oxygen atoms in total. The van der Waals surface area contributed by atoms with Crippen LogP contribution in [0.3, 0.4) is 0 Å². The molecule has 1 saturated heterocycles. The fourth-order valence-electron chi connectivity index (χ4n) is 2.19. The Morgan fingerprint density at radius 3 is 2.37 bits per heavy atom. The summed E-state index contributed by atoms with van der Waals surface area (Å²) in [6.45, 7) is 1.75. The van der Waals surface area contributed by atoms with Crippen LogP contribution in [0.2, 0.25) is 0 Å². The van der Waals surface area contributed by atoms with E-state index in [1.54, 1.807) is 0 Å². The highest BCUT2D eigenvalue weighted by Crippen LogP contribution is 2.20. The number of piperidine rings is 1. The first-order valence-electron chi connectivity index (χ1n) is 6.21. The third-order valence-electron chi connectivity index (χ3n) is 3.20. The van der Waals surface area contributed by atoms with Gasteiger partial charge in [-0.3, -0.25) is 4.79 Å². The first-order chi connectivity index (χ1) is 9.06. The molecular weight excluding hydrogens is 257 g/mol. The van der Waals surface area contributed by atoms with Crippen molar-refractivity contribution in [1.82, 2.24) is 5.32 Å². The van der Waals surface area contributed by atoms with Crippen molar-refractivity contribution in [3.63, 3.8) is 0 Å². The van der Waals surface area contributed by atoms with Crippen molar-refractivity contribution in [2.75, 3.05) is 18.4 Å². The lowest BCUT2D eigenvalue weighted by atomic mass is 9.94. The molecule has 0 aliphatic carbocycles. The van der Waals surface area contributed by atoms with E-state index in [4.69, 9.17) is 0 Å². The van der Waals surface area contributed by atoms with Gasteiger partial charge in [-0.25, -0.2) is 13.2 Å². The summed E-state index contributed by atoms with van der Waals surface area (Å²) in [6, 6.07) is 1.55. The van der Waals surface area contributed by atoms with Crippen LogP contribution in [-0.2, 0) is 4.79 Å². The Balaban J connectivity index is 1.94.